The van der Waals surface area contributed by atoms with Gasteiger partial charge in [0, 0.05) is 19.1 Å². The van der Waals surface area contributed by atoms with Gasteiger partial charge in [-0.3, -0.25) is 4.79 Å². The van der Waals surface area contributed by atoms with Crippen molar-refractivity contribution in [2.75, 3.05) is 6.61 Å². The molecule has 1 rings (SSSR count). The summed E-state index contributed by atoms with van der Waals surface area (Å²) in [4.78, 5) is 11.9. The number of aryl methyl sites for hydroxylation is 1. The van der Waals surface area contributed by atoms with Crippen LogP contribution in [0.4, 0.5) is 0 Å². The Morgan fingerprint density at radius 1 is 1.25 bits per heavy atom. The normalized spacial score (nSPS) is 13.8. The van der Waals surface area contributed by atoms with Crippen LogP contribution in [0.15, 0.2) is 24.3 Å². The number of aliphatic hydroxyl groups is 1. The van der Waals surface area contributed by atoms with Gasteiger partial charge in [-0.2, -0.15) is 0 Å². The Labute approximate surface area is 122 Å². The van der Waals surface area contributed by atoms with Crippen LogP contribution in [0.1, 0.15) is 57.1 Å². The van der Waals surface area contributed by atoms with E-state index in [0.29, 0.717) is 6.42 Å². The molecule has 0 aromatic heterocycles. The molecule has 0 aliphatic carbocycles. The van der Waals surface area contributed by atoms with Crippen molar-refractivity contribution in [3.8, 4) is 0 Å². The lowest BCUT2D eigenvalue weighted by atomic mass is 9.96. The van der Waals surface area contributed by atoms with Gasteiger partial charge < -0.3 is 10.4 Å². The summed E-state index contributed by atoms with van der Waals surface area (Å²) in [6.45, 7) is 6.38. The summed E-state index contributed by atoms with van der Waals surface area (Å²) < 4.78 is 0. The number of aliphatic hydroxyl groups excluding tert-OH is 1. The number of nitrogens with one attached hydrogen (secondary N) is 1. The molecule has 0 radical (unpaired) electrons. The van der Waals surface area contributed by atoms with E-state index in [1.165, 1.54) is 11.1 Å². The van der Waals surface area contributed by atoms with Crippen molar-refractivity contribution >= 4 is 5.91 Å². The molecular formula is C17H27NO2. The maximum Gasteiger partial charge on any atom is 0.220 e. The van der Waals surface area contributed by atoms with Gasteiger partial charge in [-0.15, -0.1) is 0 Å². The summed E-state index contributed by atoms with van der Waals surface area (Å²) in [7, 11) is 0. The molecule has 2 atom stereocenters. The second kappa shape index (κ2) is 8.75. The van der Waals surface area contributed by atoms with Crippen LogP contribution >= 0.6 is 0 Å². The molecule has 0 aliphatic rings. The number of carbonyl (C=O) groups is 1. The molecule has 2 N–H and O–H groups in total. The van der Waals surface area contributed by atoms with E-state index in [1.54, 1.807) is 0 Å². The van der Waals surface area contributed by atoms with Crippen molar-refractivity contribution in [2.24, 2.45) is 0 Å². The average Bonchev–Trinajstić information content (AvgIpc) is 2.45. The third kappa shape index (κ3) is 5.74. The van der Waals surface area contributed by atoms with Gasteiger partial charge in [0.2, 0.25) is 5.91 Å². The SMILES string of the molecule is CCc1ccc(C(C)CC(=O)NC(C)CCCO)cc1. The fraction of sp³-hybridized carbons (Fsp3) is 0.588. The zero-order valence-corrected chi connectivity index (χ0v) is 12.9. The smallest absolute Gasteiger partial charge is 0.220 e. The molecule has 0 fully saturated rings. The van der Waals surface area contributed by atoms with E-state index in [-0.39, 0.29) is 24.5 Å². The highest BCUT2D eigenvalue weighted by Gasteiger charge is 2.13. The van der Waals surface area contributed by atoms with Gasteiger partial charge in [-0.05, 0) is 43.2 Å². The summed E-state index contributed by atoms with van der Waals surface area (Å²) in [6, 6.07) is 8.63. The second-order valence-corrected chi connectivity index (χ2v) is 5.53. The largest absolute Gasteiger partial charge is 0.396 e. The number of carbonyl (C=O) groups excluding carboxylic acids is 1. The first kappa shape index (κ1) is 16.7. The first-order valence-electron chi connectivity index (χ1n) is 7.55. The average molecular weight is 277 g/mol. The zero-order valence-electron chi connectivity index (χ0n) is 12.9. The molecule has 0 bridgehead atoms. The molecule has 1 amide bonds. The van der Waals surface area contributed by atoms with Crippen molar-refractivity contribution in [1.82, 2.24) is 5.32 Å². The first-order valence-corrected chi connectivity index (χ1v) is 7.55. The summed E-state index contributed by atoms with van der Waals surface area (Å²) in [5, 5.41) is 11.8. The van der Waals surface area contributed by atoms with Crippen molar-refractivity contribution in [3.05, 3.63) is 35.4 Å². The van der Waals surface area contributed by atoms with E-state index >= 15 is 0 Å². The Bertz CT molecular complexity index is 400. The third-order valence-electron chi connectivity index (χ3n) is 3.65. The van der Waals surface area contributed by atoms with E-state index in [9.17, 15) is 4.79 Å². The van der Waals surface area contributed by atoms with Gasteiger partial charge in [-0.1, -0.05) is 38.1 Å². The van der Waals surface area contributed by atoms with Crippen LogP contribution in [-0.4, -0.2) is 23.7 Å². The summed E-state index contributed by atoms with van der Waals surface area (Å²) >= 11 is 0. The molecule has 3 heteroatoms. The van der Waals surface area contributed by atoms with E-state index < -0.39 is 0 Å². The van der Waals surface area contributed by atoms with Crippen LogP contribution < -0.4 is 5.32 Å². The highest BCUT2D eigenvalue weighted by atomic mass is 16.2. The lowest BCUT2D eigenvalue weighted by Crippen LogP contribution is -2.33. The summed E-state index contributed by atoms with van der Waals surface area (Å²) in [6.07, 6.45) is 3.10. The van der Waals surface area contributed by atoms with Crippen molar-refractivity contribution in [3.63, 3.8) is 0 Å². The topological polar surface area (TPSA) is 49.3 Å². The monoisotopic (exact) mass is 277 g/mol. The van der Waals surface area contributed by atoms with E-state index in [2.05, 4.69) is 43.4 Å². The molecule has 0 saturated carbocycles. The fourth-order valence-corrected chi connectivity index (χ4v) is 2.28. The van der Waals surface area contributed by atoms with Crippen LogP contribution in [0.2, 0.25) is 0 Å². The maximum absolute atomic E-state index is 11.9. The van der Waals surface area contributed by atoms with Crippen LogP contribution in [0.3, 0.4) is 0 Å². The molecule has 1 aromatic carbocycles. The van der Waals surface area contributed by atoms with Crippen molar-refractivity contribution in [1.29, 1.82) is 0 Å². The molecule has 0 saturated heterocycles. The Morgan fingerprint density at radius 2 is 1.90 bits per heavy atom. The molecule has 3 nitrogen and oxygen atoms in total. The molecule has 20 heavy (non-hydrogen) atoms. The lowest BCUT2D eigenvalue weighted by molar-refractivity contribution is -0.122. The lowest BCUT2D eigenvalue weighted by Gasteiger charge is -2.16. The number of hydrogen-bond donors (Lipinski definition) is 2. The molecule has 0 spiro atoms. The molecule has 1 aromatic rings. The van der Waals surface area contributed by atoms with E-state index in [0.717, 1.165) is 19.3 Å². The highest BCUT2D eigenvalue weighted by Crippen LogP contribution is 2.19. The highest BCUT2D eigenvalue weighted by molar-refractivity contribution is 5.77. The quantitative estimate of drug-likeness (QED) is 0.767. The zero-order chi connectivity index (χ0) is 15.0. The summed E-state index contributed by atoms with van der Waals surface area (Å²) in [5.74, 6) is 0.313. The maximum atomic E-state index is 11.9. The minimum Gasteiger partial charge on any atom is -0.396 e. The van der Waals surface area contributed by atoms with Crippen LogP contribution in [0.5, 0.6) is 0 Å². The predicted molar refractivity (Wildman–Crippen MR) is 82.8 cm³/mol. The standard InChI is InChI=1S/C17H27NO2/c1-4-15-7-9-16(10-8-15)13(2)12-17(20)18-14(3)6-5-11-19/h7-10,13-14,19H,4-6,11-12H2,1-3H3,(H,18,20). The van der Waals surface area contributed by atoms with Gasteiger partial charge in [0.15, 0.2) is 0 Å². The Balaban J connectivity index is 2.43. The minimum absolute atomic E-state index is 0.0857. The molecule has 0 heterocycles. The Kier molecular flexibility index (Phi) is 7.31. The van der Waals surface area contributed by atoms with Gasteiger partial charge in [0.05, 0.1) is 0 Å². The van der Waals surface area contributed by atoms with Gasteiger partial charge in [-0.25, -0.2) is 0 Å². The third-order valence-corrected chi connectivity index (χ3v) is 3.65. The Hall–Kier alpha value is -1.35. The van der Waals surface area contributed by atoms with E-state index in [1.807, 2.05) is 6.92 Å². The van der Waals surface area contributed by atoms with Crippen LogP contribution in [0, 0.1) is 0 Å². The van der Waals surface area contributed by atoms with Gasteiger partial charge >= 0.3 is 0 Å². The molecule has 2 unspecified atom stereocenters. The fourth-order valence-electron chi connectivity index (χ4n) is 2.28. The molecule has 0 aliphatic heterocycles. The first-order chi connectivity index (χ1) is 9.56. The number of rotatable bonds is 8. The number of benzene rings is 1. The summed E-state index contributed by atoms with van der Waals surface area (Å²) in [5.41, 5.74) is 2.53. The Morgan fingerprint density at radius 3 is 2.45 bits per heavy atom. The van der Waals surface area contributed by atoms with Gasteiger partial charge in [0.1, 0.15) is 0 Å². The van der Waals surface area contributed by atoms with Gasteiger partial charge in [0.25, 0.3) is 0 Å². The predicted octanol–water partition coefficient (Wildman–Crippen LogP) is 3.02. The second-order valence-electron chi connectivity index (χ2n) is 5.53. The van der Waals surface area contributed by atoms with Crippen molar-refractivity contribution < 1.29 is 9.90 Å². The van der Waals surface area contributed by atoms with Crippen LogP contribution in [0.25, 0.3) is 0 Å². The number of amides is 1. The molecule has 112 valence electrons. The number of hydrogen-bond acceptors (Lipinski definition) is 2. The van der Waals surface area contributed by atoms with Crippen molar-refractivity contribution in [2.45, 2.75) is 58.4 Å². The van der Waals surface area contributed by atoms with Crippen LogP contribution in [-0.2, 0) is 11.2 Å². The molecular weight excluding hydrogens is 250 g/mol. The minimum atomic E-state index is 0.0857. The van der Waals surface area contributed by atoms with E-state index in [4.69, 9.17) is 5.11 Å².